The molecule has 144 valence electrons. The molecular formula is C21H25ClN2O3. The molecule has 1 aromatic carbocycles. The second-order valence-electron chi connectivity index (χ2n) is 7.01. The van der Waals surface area contributed by atoms with Crippen molar-refractivity contribution < 1.29 is 14.0 Å². The van der Waals surface area contributed by atoms with Crippen molar-refractivity contribution in [2.24, 2.45) is 0 Å². The Morgan fingerprint density at radius 1 is 1.11 bits per heavy atom. The molecule has 1 aliphatic rings. The summed E-state index contributed by atoms with van der Waals surface area (Å²) in [5, 5.41) is 6.40. The van der Waals surface area contributed by atoms with Gasteiger partial charge in [-0.3, -0.25) is 9.59 Å². The average molecular weight is 389 g/mol. The Morgan fingerprint density at radius 2 is 1.85 bits per heavy atom. The molecule has 1 unspecified atom stereocenters. The highest BCUT2D eigenvalue weighted by molar-refractivity contribution is 6.30. The number of carbonyl (C=O) groups is 2. The number of nitrogens with one attached hydrogen (secondary N) is 2. The van der Waals surface area contributed by atoms with Crippen molar-refractivity contribution in [2.75, 3.05) is 6.54 Å². The van der Waals surface area contributed by atoms with E-state index < -0.39 is 5.92 Å². The van der Waals surface area contributed by atoms with Gasteiger partial charge < -0.3 is 15.1 Å². The van der Waals surface area contributed by atoms with Crippen LogP contribution in [-0.4, -0.2) is 24.4 Å². The summed E-state index contributed by atoms with van der Waals surface area (Å²) in [4.78, 5) is 25.0. The van der Waals surface area contributed by atoms with Crippen LogP contribution in [0.25, 0.3) is 0 Å². The zero-order chi connectivity index (χ0) is 19.1. The van der Waals surface area contributed by atoms with Crippen molar-refractivity contribution in [1.82, 2.24) is 10.6 Å². The topological polar surface area (TPSA) is 71.3 Å². The van der Waals surface area contributed by atoms with Crippen LogP contribution in [0.3, 0.4) is 0 Å². The van der Waals surface area contributed by atoms with E-state index in [0.717, 1.165) is 37.0 Å². The van der Waals surface area contributed by atoms with E-state index in [-0.39, 0.29) is 24.4 Å². The summed E-state index contributed by atoms with van der Waals surface area (Å²) < 4.78 is 5.40. The van der Waals surface area contributed by atoms with Crippen LogP contribution in [0.2, 0.25) is 5.02 Å². The summed E-state index contributed by atoms with van der Waals surface area (Å²) in [7, 11) is 0. The fourth-order valence-electron chi connectivity index (χ4n) is 3.50. The molecule has 1 atom stereocenters. The van der Waals surface area contributed by atoms with E-state index in [1.54, 1.807) is 24.5 Å². The largest absolute Gasteiger partial charge is 0.469 e. The summed E-state index contributed by atoms with van der Waals surface area (Å²) in [6.45, 7) is -0.0163. The lowest BCUT2D eigenvalue weighted by Crippen LogP contribution is -2.43. The van der Waals surface area contributed by atoms with Crippen LogP contribution < -0.4 is 10.6 Å². The highest BCUT2D eigenvalue weighted by Crippen LogP contribution is 2.23. The molecule has 1 saturated carbocycles. The predicted octanol–water partition coefficient (Wildman–Crippen LogP) is 3.82. The number of hydrogen-bond acceptors (Lipinski definition) is 3. The van der Waals surface area contributed by atoms with E-state index in [0.29, 0.717) is 11.4 Å². The molecule has 1 aliphatic carbocycles. The molecule has 0 radical (unpaired) electrons. The number of hydrogen-bond donors (Lipinski definition) is 2. The Hall–Kier alpha value is -2.27. The maximum Gasteiger partial charge on any atom is 0.239 e. The smallest absolute Gasteiger partial charge is 0.239 e. The molecule has 2 amide bonds. The van der Waals surface area contributed by atoms with Crippen LogP contribution in [0.15, 0.2) is 47.1 Å². The molecule has 27 heavy (non-hydrogen) atoms. The fraction of sp³-hybridized carbons (Fsp3) is 0.429. The van der Waals surface area contributed by atoms with Crippen molar-refractivity contribution >= 4 is 23.4 Å². The van der Waals surface area contributed by atoms with Crippen LogP contribution in [-0.2, 0) is 16.0 Å². The molecule has 2 aromatic rings. The molecule has 1 heterocycles. The zero-order valence-electron chi connectivity index (χ0n) is 15.2. The maximum absolute atomic E-state index is 12.8. The second-order valence-corrected chi connectivity index (χ2v) is 7.44. The van der Waals surface area contributed by atoms with E-state index in [1.807, 2.05) is 18.2 Å². The molecule has 0 bridgehead atoms. The molecule has 2 N–H and O–H groups in total. The van der Waals surface area contributed by atoms with Crippen molar-refractivity contribution in [3.63, 3.8) is 0 Å². The van der Waals surface area contributed by atoms with Gasteiger partial charge in [-0.1, -0.05) is 43.0 Å². The molecule has 3 rings (SSSR count). The number of carbonyl (C=O) groups excluding carboxylic acids is 2. The summed E-state index contributed by atoms with van der Waals surface area (Å²) >= 11 is 5.96. The minimum Gasteiger partial charge on any atom is -0.469 e. The van der Waals surface area contributed by atoms with Crippen LogP contribution in [0.5, 0.6) is 0 Å². The Bertz CT molecular complexity index is 737. The number of halogens is 1. The highest BCUT2D eigenvalue weighted by Gasteiger charge is 2.23. The monoisotopic (exact) mass is 388 g/mol. The Kier molecular flexibility index (Phi) is 6.93. The first-order valence-corrected chi connectivity index (χ1v) is 9.84. The van der Waals surface area contributed by atoms with Crippen LogP contribution in [0.4, 0.5) is 0 Å². The molecular weight excluding hydrogens is 364 g/mol. The van der Waals surface area contributed by atoms with E-state index in [9.17, 15) is 9.59 Å². The lowest BCUT2D eigenvalue weighted by molar-refractivity contribution is -0.127. The molecule has 1 aromatic heterocycles. The Morgan fingerprint density at radius 3 is 2.52 bits per heavy atom. The van der Waals surface area contributed by atoms with Gasteiger partial charge in [-0.25, -0.2) is 0 Å². The first-order chi connectivity index (χ1) is 13.1. The first-order valence-electron chi connectivity index (χ1n) is 9.47. The van der Waals surface area contributed by atoms with Crippen molar-refractivity contribution in [1.29, 1.82) is 0 Å². The van der Waals surface area contributed by atoms with Gasteiger partial charge in [0.2, 0.25) is 11.8 Å². The fourth-order valence-corrected chi connectivity index (χ4v) is 3.63. The minimum atomic E-state index is -0.448. The van der Waals surface area contributed by atoms with Crippen LogP contribution in [0, 0.1) is 0 Å². The van der Waals surface area contributed by atoms with Crippen molar-refractivity contribution in [3.05, 3.63) is 59.0 Å². The standard InChI is InChI=1S/C21H25ClN2O3/c22-16-10-8-15(9-11-16)19(13-18-7-4-12-27-18)21(26)23-14-20(25)24-17-5-2-1-3-6-17/h4,7-12,17,19H,1-3,5-6,13-14H2,(H,23,26)(H,24,25). The van der Waals surface area contributed by atoms with E-state index >= 15 is 0 Å². The van der Waals surface area contributed by atoms with Gasteiger partial charge in [0, 0.05) is 17.5 Å². The Balaban J connectivity index is 1.60. The molecule has 5 nitrogen and oxygen atoms in total. The number of rotatable bonds is 7. The predicted molar refractivity (Wildman–Crippen MR) is 105 cm³/mol. The van der Waals surface area contributed by atoms with Gasteiger partial charge in [0.25, 0.3) is 0 Å². The average Bonchev–Trinajstić information content (AvgIpc) is 3.19. The third-order valence-electron chi connectivity index (χ3n) is 4.97. The highest BCUT2D eigenvalue weighted by atomic mass is 35.5. The number of furan rings is 1. The van der Waals surface area contributed by atoms with Gasteiger partial charge in [0.1, 0.15) is 5.76 Å². The van der Waals surface area contributed by atoms with E-state index in [4.69, 9.17) is 16.0 Å². The van der Waals surface area contributed by atoms with Gasteiger partial charge >= 0.3 is 0 Å². The minimum absolute atomic E-state index is 0.0163. The van der Waals surface area contributed by atoms with Gasteiger partial charge in [-0.2, -0.15) is 0 Å². The molecule has 0 spiro atoms. The molecule has 1 fully saturated rings. The SMILES string of the molecule is O=C(CNC(=O)C(Cc1ccco1)c1ccc(Cl)cc1)NC1CCCCC1. The lowest BCUT2D eigenvalue weighted by Gasteiger charge is -2.23. The first kappa shape index (κ1) is 19.5. The third kappa shape index (κ3) is 5.86. The quantitative estimate of drug-likeness (QED) is 0.757. The van der Waals surface area contributed by atoms with Crippen LogP contribution in [0.1, 0.15) is 49.3 Å². The van der Waals surface area contributed by atoms with E-state index in [1.165, 1.54) is 6.42 Å². The summed E-state index contributed by atoms with van der Waals surface area (Å²) in [5.41, 5.74) is 0.834. The normalized spacial score (nSPS) is 15.9. The summed E-state index contributed by atoms with van der Waals surface area (Å²) in [6, 6.07) is 11.0. The third-order valence-corrected chi connectivity index (χ3v) is 5.22. The molecule has 0 saturated heterocycles. The van der Waals surface area contributed by atoms with Gasteiger partial charge in [0.15, 0.2) is 0 Å². The van der Waals surface area contributed by atoms with Crippen LogP contribution >= 0.6 is 11.6 Å². The summed E-state index contributed by atoms with van der Waals surface area (Å²) in [6.07, 6.45) is 7.59. The zero-order valence-corrected chi connectivity index (χ0v) is 16.0. The van der Waals surface area contributed by atoms with Crippen molar-refractivity contribution in [2.45, 2.75) is 50.5 Å². The Labute approximate surface area is 164 Å². The molecule has 0 aliphatic heterocycles. The lowest BCUT2D eigenvalue weighted by atomic mass is 9.93. The van der Waals surface area contributed by atoms with Gasteiger partial charge in [0.05, 0.1) is 18.7 Å². The second kappa shape index (κ2) is 9.60. The summed E-state index contributed by atoms with van der Waals surface area (Å²) in [5.74, 6) is -0.0664. The van der Waals surface area contributed by atoms with Gasteiger partial charge in [-0.15, -0.1) is 0 Å². The van der Waals surface area contributed by atoms with E-state index in [2.05, 4.69) is 10.6 Å². The number of benzene rings is 1. The number of amides is 2. The van der Waals surface area contributed by atoms with Gasteiger partial charge in [-0.05, 0) is 42.7 Å². The maximum atomic E-state index is 12.8. The molecule has 6 heteroatoms. The van der Waals surface area contributed by atoms with Crippen molar-refractivity contribution in [3.8, 4) is 0 Å².